The summed E-state index contributed by atoms with van der Waals surface area (Å²) in [5, 5.41) is 0. The van der Waals surface area contributed by atoms with E-state index in [-0.39, 0.29) is 29.2 Å². The molecular weight excluding hydrogens is 349 g/mol. The Morgan fingerprint density at radius 3 is 2.33 bits per heavy atom. The number of Topliss-reactive ketones (excluding diaryl/α,β-unsaturated/α-hetero) is 1. The van der Waals surface area contributed by atoms with E-state index in [1.807, 2.05) is 0 Å². The van der Waals surface area contributed by atoms with Crippen LogP contribution < -0.4 is 9.47 Å². The number of hydrogen-bond acceptors (Lipinski definition) is 6. The number of carbonyl (C=O) groups excluding carboxylic acids is 2. The Balaban J connectivity index is 2.55. The fraction of sp³-hybridized carbons (Fsp3) is 0.467. The van der Waals surface area contributed by atoms with Gasteiger partial charge in [-0.2, -0.15) is 13.2 Å². The highest BCUT2D eigenvalue weighted by Gasteiger charge is 2.59. The van der Waals surface area contributed by atoms with Crippen molar-refractivity contribution in [2.45, 2.75) is 23.6 Å². The van der Waals surface area contributed by atoms with E-state index in [0.717, 1.165) is 0 Å². The molecule has 0 spiro atoms. The molecule has 0 heterocycles. The molecule has 1 aromatic rings. The van der Waals surface area contributed by atoms with Crippen molar-refractivity contribution in [3.63, 3.8) is 0 Å². The predicted molar refractivity (Wildman–Crippen MR) is 80.6 cm³/mol. The van der Waals surface area contributed by atoms with Crippen LogP contribution in [-0.2, 0) is 16.0 Å². The SMILES string of the molecule is CCOC(=O)[C@@]1(SC(F)(F)F)Cc2cc(OC)c(OC)cc2C1=O. The molecule has 5 nitrogen and oxygen atoms in total. The molecule has 1 aliphatic carbocycles. The second-order valence-electron chi connectivity index (χ2n) is 4.97. The number of fused-ring (bicyclic) bond motifs is 1. The summed E-state index contributed by atoms with van der Waals surface area (Å²) in [5.74, 6) is -1.69. The number of halogens is 3. The lowest BCUT2D eigenvalue weighted by Crippen LogP contribution is -2.45. The summed E-state index contributed by atoms with van der Waals surface area (Å²) < 4.78 is 51.5. The lowest BCUT2D eigenvalue weighted by atomic mass is 10.0. The molecule has 0 amide bonds. The number of ketones is 1. The van der Waals surface area contributed by atoms with E-state index < -0.39 is 40.2 Å². The van der Waals surface area contributed by atoms with Crippen molar-refractivity contribution >= 4 is 23.5 Å². The quantitative estimate of drug-likeness (QED) is 0.591. The molecule has 1 aromatic carbocycles. The van der Waals surface area contributed by atoms with Crippen molar-refractivity contribution < 1.29 is 37.0 Å². The van der Waals surface area contributed by atoms with Gasteiger partial charge in [-0.3, -0.25) is 9.59 Å². The van der Waals surface area contributed by atoms with Gasteiger partial charge >= 0.3 is 11.5 Å². The molecule has 0 N–H and O–H groups in total. The van der Waals surface area contributed by atoms with Gasteiger partial charge in [0.25, 0.3) is 0 Å². The minimum Gasteiger partial charge on any atom is -0.493 e. The van der Waals surface area contributed by atoms with E-state index in [9.17, 15) is 22.8 Å². The summed E-state index contributed by atoms with van der Waals surface area (Å²) in [6.07, 6.45) is -0.426. The van der Waals surface area contributed by atoms with Gasteiger partial charge in [0.15, 0.2) is 22.0 Å². The van der Waals surface area contributed by atoms with Gasteiger partial charge in [0.2, 0.25) is 0 Å². The van der Waals surface area contributed by atoms with Crippen LogP contribution in [0.15, 0.2) is 12.1 Å². The summed E-state index contributed by atoms with van der Waals surface area (Å²) in [7, 11) is 2.71. The van der Waals surface area contributed by atoms with Gasteiger partial charge in [0.05, 0.1) is 20.8 Å². The second-order valence-corrected chi connectivity index (χ2v) is 6.33. The van der Waals surface area contributed by atoms with Crippen LogP contribution in [0.2, 0.25) is 0 Å². The van der Waals surface area contributed by atoms with E-state index in [1.165, 1.54) is 33.3 Å². The zero-order chi connectivity index (χ0) is 18.1. The van der Waals surface area contributed by atoms with Crippen LogP contribution in [0.4, 0.5) is 13.2 Å². The number of rotatable bonds is 5. The summed E-state index contributed by atoms with van der Waals surface area (Å²) >= 11 is -0.654. The number of ether oxygens (including phenoxy) is 3. The molecule has 0 fully saturated rings. The first-order valence-electron chi connectivity index (χ1n) is 6.92. The molecule has 1 atom stereocenters. The molecule has 2 rings (SSSR count). The van der Waals surface area contributed by atoms with Crippen LogP contribution in [0.5, 0.6) is 11.5 Å². The fourth-order valence-electron chi connectivity index (χ4n) is 2.58. The third kappa shape index (κ3) is 3.17. The van der Waals surface area contributed by atoms with Crippen molar-refractivity contribution in [1.82, 2.24) is 0 Å². The summed E-state index contributed by atoms with van der Waals surface area (Å²) in [5.41, 5.74) is -4.50. The number of benzene rings is 1. The van der Waals surface area contributed by atoms with Gasteiger partial charge in [0, 0.05) is 12.0 Å². The van der Waals surface area contributed by atoms with E-state index in [1.54, 1.807) is 0 Å². The maximum atomic E-state index is 13.0. The van der Waals surface area contributed by atoms with Gasteiger partial charge in [-0.15, -0.1) is 0 Å². The molecular formula is C15H15F3O5S. The Morgan fingerprint density at radius 1 is 1.25 bits per heavy atom. The highest BCUT2D eigenvalue weighted by Crippen LogP contribution is 2.50. The van der Waals surface area contributed by atoms with Crippen LogP contribution in [0, 0.1) is 0 Å². The highest BCUT2D eigenvalue weighted by atomic mass is 32.2. The van der Waals surface area contributed by atoms with Gasteiger partial charge in [-0.1, -0.05) is 0 Å². The molecule has 1 aliphatic rings. The standard InChI is InChI=1S/C15H15F3O5S/c1-4-23-13(20)14(24-15(16,17)18)7-8-5-10(21-2)11(22-3)6-9(8)12(14)19/h5-6H,4,7H2,1-3H3/t14-/m1/s1. The lowest BCUT2D eigenvalue weighted by Gasteiger charge is -2.25. The molecule has 9 heteroatoms. The Hall–Kier alpha value is -1.90. The Labute approximate surface area is 140 Å². The van der Waals surface area contributed by atoms with Gasteiger partial charge in [-0.25, -0.2) is 0 Å². The van der Waals surface area contributed by atoms with E-state index in [4.69, 9.17) is 14.2 Å². The third-order valence-corrected chi connectivity index (χ3v) is 4.63. The maximum Gasteiger partial charge on any atom is 0.443 e. The third-order valence-electron chi connectivity index (χ3n) is 3.56. The molecule has 0 aromatic heterocycles. The van der Waals surface area contributed by atoms with Crippen molar-refractivity contribution in [2.75, 3.05) is 20.8 Å². The first-order valence-corrected chi connectivity index (χ1v) is 7.74. The zero-order valence-electron chi connectivity index (χ0n) is 13.2. The van der Waals surface area contributed by atoms with E-state index in [2.05, 4.69) is 0 Å². The predicted octanol–water partition coefficient (Wildman–Crippen LogP) is 3.00. The van der Waals surface area contributed by atoms with Crippen LogP contribution in [0.25, 0.3) is 0 Å². The molecule has 0 aliphatic heterocycles. The van der Waals surface area contributed by atoms with Crippen molar-refractivity contribution in [2.24, 2.45) is 0 Å². The first kappa shape index (κ1) is 18.4. The van der Waals surface area contributed by atoms with Crippen molar-refractivity contribution in [3.8, 4) is 11.5 Å². The maximum absolute atomic E-state index is 13.0. The average Bonchev–Trinajstić information content (AvgIpc) is 2.77. The summed E-state index contributed by atoms with van der Waals surface area (Å²) in [6.45, 7) is 1.33. The number of carbonyl (C=O) groups is 2. The minimum absolute atomic E-state index is 0.00236. The first-order chi connectivity index (χ1) is 11.2. The molecule has 0 unspecified atom stereocenters. The number of alkyl halides is 3. The number of hydrogen-bond donors (Lipinski definition) is 0. The van der Waals surface area contributed by atoms with Crippen LogP contribution in [0.3, 0.4) is 0 Å². The normalized spacial score (nSPS) is 19.8. The molecule has 0 saturated carbocycles. The molecule has 132 valence electrons. The summed E-state index contributed by atoms with van der Waals surface area (Å²) in [4.78, 5) is 24.9. The van der Waals surface area contributed by atoms with Gasteiger partial charge in [0.1, 0.15) is 0 Å². The number of methoxy groups -OCH3 is 2. The van der Waals surface area contributed by atoms with Crippen LogP contribution >= 0.6 is 11.8 Å². The Morgan fingerprint density at radius 2 is 1.83 bits per heavy atom. The lowest BCUT2D eigenvalue weighted by molar-refractivity contribution is -0.144. The number of thioether (sulfide) groups is 1. The Kier molecular flexibility index (Phi) is 5.03. The number of esters is 1. The van der Waals surface area contributed by atoms with Gasteiger partial charge < -0.3 is 14.2 Å². The smallest absolute Gasteiger partial charge is 0.443 e. The van der Waals surface area contributed by atoms with Gasteiger partial charge in [-0.05, 0) is 36.4 Å². The Bertz CT molecular complexity index is 674. The minimum atomic E-state index is -4.78. The monoisotopic (exact) mass is 364 g/mol. The summed E-state index contributed by atoms with van der Waals surface area (Å²) in [6, 6.07) is 2.69. The molecule has 0 saturated heterocycles. The fourth-order valence-corrected chi connectivity index (χ4v) is 3.55. The largest absolute Gasteiger partial charge is 0.493 e. The molecule has 24 heavy (non-hydrogen) atoms. The van der Waals surface area contributed by atoms with Crippen molar-refractivity contribution in [3.05, 3.63) is 23.3 Å². The topological polar surface area (TPSA) is 61.8 Å². The average molecular weight is 364 g/mol. The van der Waals surface area contributed by atoms with Crippen molar-refractivity contribution in [1.29, 1.82) is 0 Å². The molecule has 0 bridgehead atoms. The zero-order valence-corrected chi connectivity index (χ0v) is 14.0. The van der Waals surface area contributed by atoms with Crippen LogP contribution in [0.1, 0.15) is 22.8 Å². The molecule has 0 radical (unpaired) electrons. The van der Waals surface area contributed by atoms with E-state index >= 15 is 0 Å². The van der Waals surface area contributed by atoms with E-state index in [0.29, 0.717) is 0 Å². The van der Waals surface area contributed by atoms with Crippen LogP contribution in [-0.4, -0.2) is 42.8 Å². The second kappa shape index (κ2) is 6.54. The highest BCUT2D eigenvalue weighted by molar-refractivity contribution is 8.03.